The Morgan fingerprint density at radius 3 is 1.61 bits per heavy atom. The molecule has 0 aliphatic heterocycles. The molecule has 0 aromatic carbocycles. The number of hydrogen-bond acceptors (Lipinski definition) is 2. The predicted octanol–water partition coefficient (Wildman–Crippen LogP) is 4.12. The molecule has 1 aromatic rings. The Balaban J connectivity index is 1.75. The van der Waals surface area contributed by atoms with Gasteiger partial charge in [-0.25, -0.2) is 0 Å². The minimum atomic E-state index is 0.488. The summed E-state index contributed by atoms with van der Waals surface area (Å²) in [7, 11) is 0. The summed E-state index contributed by atoms with van der Waals surface area (Å²) < 4.78 is 0. The molecular formula is C16H20N2. The Bertz CT molecular complexity index is 402. The molecule has 1 heterocycles. The van der Waals surface area contributed by atoms with E-state index in [1.807, 2.05) is 12.4 Å². The van der Waals surface area contributed by atoms with Crippen LogP contribution in [0.15, 0.2) is 36.7 Å². The number of rotatable bonds is 2. The summed E-state index contributed by atoms with van der Waals surface area (Å²) >= 11 is 0. The highest BCUT2D eigenvalue weighted by Gasteiger charge is 2.15. The van der Waals surface area contributed by atoms with Crippen molar-refractivity contribution < 1.29 is 0 Å². The summed E-state index contributed by atoms with van der Waals surface area (Å²) in [5.41, 5.74) is 2.27. The van der Waals surface area contributed by atoms with E-state index in [1.54, 1.807) is 0 Å². The zero-order valence-electron chi connectivity index (χ0n) is 10.8. The maximum absolute atomic E-state index is 4.63. The first kappa shape index (κ1) is 11.6. The minimum absolute atomic E-state index is 0.488. The highest BCUT2D eigenvalue weighted by atomic mass is 14.8. The van der Waals surface area contributed by atoms with Crippen molar-refractivity contribution in [1.82, 2.24) is 9.97 Å². The van der Waals surface area contributed by atoms with Crippen molar-refractivity contribution in [1.29, 1.82) is 0 Å². The third-order valence-corrected chi connectivity index (χ3v) is 3.96. The van der Waals surface area contributed by atoms with Crippen molar-refractivity contribution in [3.8, 4) is 0 Å². The van der Waals surface area contributed by atoms with E-state index in [0.29, 0.717) is 11.8 Å². The smallest absolute Gasteiger partial charge is 0.0655 e. The topological polar surface area (TPSA) is 25.8 Å². The quantitative estimate of drug-likeness (QED) is 0.726. The number of hydrogen-bond donors (Lipinski definition) is 0. The lowest BCUT2D eigenvalue weighted by Crippen LogP contribution is -2.06. The van der Waals surface area contributed by atoms with Crippen LogP contribution in [0.25, 0.3) is 0 Å². The Kier molecular flexibility index (Phi) is 3.54. The van der Waals surface area contributed by atoms with Gasteiger partial charge in [0.25, 0.3) is 0 Å². The second kappa shape index (κ2) is 5.47. The van der Waals surface area contributed by atoms with Gasteiger partial charge in [-0.2, -0.15) is 0 Å². The fraction of sp³-hybridized carbons (Fsp3) is 0.500. The van der Waals surface area contributed by atoms with E-state index < -0.39 is 0 Å². The first-order valence-corrected chi connectivity index (χ1v) is 7.08. The molecule has 94 valence electrons. The zero-order chi connectivity index (χ0) is 12.2. The summed E-state index contributed by atoms with van der Waals surface area (Å²) in [6, 6.07) is 0. The highest BCUT2D eigenvalue weighted by Crippen LogP contribution is 2.28. The maximum Gasteiger partial charge on any atom is 0.0655 e. The van der Waals surface area contributed by atoms with E-state index in [0.717, 1.165) is 11.4 Å². The second-order valence-corrected chi connectivity index (χ2v) is 5.30. The van der Waals surface area contributed by atoms with E-state index in [-0.39, 0.29) is 0 Å². The SMILES string of the molecule is C1=CC(c2cnc(C3C=CCCC3)cn2)CCC1. The van der Waals surface area contributed by atoms with Gasteiger partial charge >= 0.3 is 0 Å². The molecule has 2 aliphatic carbocycles. The van der Waals surface area contributed by atoms with Crippen LogP contribution < -0.4 is 0 Å². The van der Waals surface area contributed by atoms with E-state index >= 15 is 0 Å². The van der Waals surface area contributed by atoms with Crippen molar-refractivity contribution in [2.45, 2.75) is 50.4 Å². The summed E-state index contributed by atoms with van der Waals surface area (Å²) in [6.07, 6.45) is 20.5. The number of allylic oxidation sites excluding steroid dienone is 4. The molecule has 0 N–H and O–H groups in total. The molecule has 0 fully saturated rings. The third kappa shape index (κ3) is 2.53. The molecule has 2 nitrogen and oxygen atoms in total. The van der Waals surface area contributed by atoms with Crippen molar-refractivity contribution in [3.63, 3.8) is 0 Å². The van der Waals surface area contributed by atoms with Gasteiger partial charge in [0.1, 0.15) is 0 Å². The van der Waals surface area contributed by atoms with Gasteiger partial charge in [0.05, 0.1) is 11.4 Å². The van der Waals surface area contributed by atoms with Crippen molar-refractivity contribution in [2.24, 2.45) is 0 Å². The van der Waals surface area contributed by atoms with E-state index in [2.05, 4.69) is 34.3 Å². The molecule has 0 bridgehead atoms. The standard InChI is InChI=1S/C16H20N2/c1-3-7-13(8-4-1)15-11-18-16(12-17-15)14-9-5-2-6-10-14/h3,5,7,9,11-14H,1-2,4,6,8,10H2. The molecule has 3 rings (SSSR count). The first-order chi connectivity index (χ1) is 8.93. The molecule has 2 heteroatoms. The summed E-state index contributed by atoms with van der Waals surface area (Å²) in [5, 5.41) is 0. The highest BCUT2D eigenvalue weighted by molar-refractivity contribution is 5.19. The van der Waals surface area contributed by atoms with Crippen LogP contribution in [0.4, 0.5) is 0 Å². The molecule has 0 saturated heterocycles. The van der Waals surface area contributed by atoms with Crippen LogP contribution >= 0.6 is 0 Å². The van der Waals surface area contributed by atoms with Crippen molar-refractivity contribution >= 4 is 0 Å². The number of aromatic nitrogens is 2. The molecule has 2 aliphatic rings. The molecule has 0 amide bonds. The van der Waals surface area contributed by atoms with Gasteiger partial charge in [0.15, 0.2) is 0 Å². The average molecular weight is 240 g/mol. The van der Waals surface area contributed by atoms with E-state index in [1.165, 1.54) is 38.5 Å². The van der Waals surface area contributed by atoms with Crippen LogP contribution in [0.5, 0.6) is 0 Å². The monoisotopic (exact) mass is 240 g/mol. The van der Waals surface area contributed by atoms with Crippen LogP contribution in [-0.4, -0.2) is 9.97 Å². The zero-order valence-corrected chi connectivity index (χ0v) is 10.8. The summed E-state index contributed by atoms with van der Waals surface area (Å²) in [6.45, 7) is 0. The van der Waals surface area contributed by atoms with Crippen LogP contribution in [0, 0.1) is 0 Å². The molecule has 0 radical (unpaired) electrons. The molecule has 18 heavy (non-hydrogen) atoms. The Hall–Kier alpha value is -1.44. The fourth-order valence-electron chi connectivity index (χ4n) is 2.85. The average Bonchev–Trinajstić information content (AvgIpc) is 2.49. The lowest BCUT2D eigenvalue weighted by Gasteiger charge is -2.18. The lowest BCUT2D eigenvalue weighted by atomic mass is 9.92. The number of nitrogens with zero attached hydrogens (tertiary/aromatic N) is 2. The lowest BCUT2D eigenvalue weighted by molar-refractivity contribution is 0.621. The van der Waals surface area contributed by atoms with Gasteiger partial charge in [0.2, 0.25) is 0 Å². The van der Waals surface area contributed by atoms with Crippen LogP contribution in [0.3, 0.4) is 0 Å². The van der Waals surface area contributed by atoms with Crippen LogP contribution in [-0.2, 0) is 0 Å². The molecule has 2 atom stereocenters. The predicted molar refractivity (Wildman–Crippen MR) is 73.5 cm³/mol. The molecule has 0 saturated carbocycles. The van der Waals surface area contributed by atoms with Crippen LogP contribution in [0.2, 0.25) is 0 Å². The van der Waals surface area contributed by atoms with Crippen molar-refractivity contribution in [2.75, 3.05) is 0 Å². The molecule has 2 unspecified atom stereocenters. The van der Waals surface area contributed by atoms with Gasteiger partial charge in [-0.3, -0.25) is 9.97 Å². The molecule has 1 aromatic heterocycles. The summed E-state index contributed by atoms with van der Waals surface area (Å²) in [4.78, 5) is 9.26. The molecule has 0 spiro atoms. The van der Waals surface area contributed by atoms with Crippen LogP contribution in [0.1, 0.15) is 61.7 Å². The normalized spacial score (nSPS) is 27.3. The largest absolute Gasteiger partial charge is 0.257 e. The molecular weight excluding hydrogens is 220 g/mol. The maximum atomic E-state index is 4.63. The van der Waals surface area contributed by atoms with Gasteiger partial charge in [-0.05, 0) is 38.5 Å². The van der Waals surface area contributed by atoms with E-state index in [4.69, 9.17) is 0 Å². The van der Waals surface area contributed by atoms with E-state index in [9.17, 15) is 0 Å². The van der Waals surface area contributed by atoms with Gasteiger partial charge in [-0.1, -0.05) is 24.3 Å². The summed E-state index contributed by atoms with van der Waals surface area (Å²) in [5.74, 6) is 0.976. The Morgan fingerprint density at radius 2 is 1.28 bits per heavy atom. The first-order valence-electron chi connectivity index (χ1n) is 7.08. The van der Waals surface area contributed by atoms with Gasteiger partial charge in [-0.15, -0.1) is 0 Å². The van der Waals surface area contributed by atoms with Gasteiger partial charge < -0.3 is 0 Å². The van der Waals surface area contributed by atoms with Gasteiger partial charge in [0, 0.05) is 24.2 Å². The third-order valence-electron chi connectivity index (χ3n) is 3.96. The minimum Gasteiger partial charge on any atom is -0.257 e. The fourth-order valence-corrected chi connectivity index (χ4v) is 2.85. The Morgan fingerprint density at radius 1 is 0.778 bits per heavy atom. The van der Waals surface area contributed by atoms with Crippen molar-refractivity contribution in [3.05, 3.63) is 48.1 Å². The Labute approximate surface area is 109 Å². The second-order valence-electron chi connectivity index (χ2n) is 5.30.